The molecular formula is C32H68N2. The van der Waals surface area contributed by atoms with Crippen molar-refractivity contribution in [3.05, 3.63) is 0 Å². The maximum Gasteiger partial charge on any atom is -0.00187 e. The van der Waals surface area contributed by atoms with Crippen LogP contribution in [-0.2, 0) is 0 Å². The first-order chi connectivity index (χ1) is 16.7. The van der Waals surface area contributed by atoms with Crippen molar-refractivity contribution in [3.63, 3.8) is 0 Å². The molecule has 34 heavy (non-hydrogen) atoms. The molecule has 0 aliphatic carbocycles. The molecule has 0 amide bonds. The van der Waals surface area contributed by atoms with Crippen LogP contribution in [0.15, 0.2) is 0 Å². The molecule has 0 saturated heterocycles. The van der Waals surface area contributed by atoms with E-state index < -0.39 is 0 Å². The van der Waals surface area contributed by atoms with E-state index in [9.17, 15) is 0 Å². The fraction of sp³-hybridized carbons (Fsp3) is 1.00. The van der Waals surface area contributed by atoms with Crippen LogP contribution in [-0.4, -0.2) is 50.1 Å². The zero-order chi connectivity index (χ0) is 25.0. The Morgan fingerprint density at radius 2 is 0.529 bits per heavy atom. The van der Waals surface area contributed by atoms with Gasteiger partial charge in [-0.3, -0.25) is 0 Å². The van der Waals surface area contributed by atoms with Crippen molar-refractivity contribution < 1.29 is 0 Å². The highest BCUT2D eigenvalue weighted by atomic mass is 15.1. The van der Waals surface area contributed by atoms with E-state index in [-0.39, 0.29) is 0 Å². The van der Waals surface area contributed by atoms with Crippen LogP contribution < -0.4 is 0 Å². The molecule has 0 N–H and O–H groups in total. The van der Waals surface area contributed by atoms with Gasteiger partial charge in [-0.25, -0.2) is 0 Å². The summed E-state index contributed by atoms with van der Waals surface area (Å²) in [5, 5.41) is 0. The maximum atomic E-state index is 2.82. The molecular weight excluding hydrogens is 412 g/mol. The molecule has 0 aromatic carbocycles. The van der Waals surface area contributed by atoms with Crippen molar-refractivity contribution in [2.24, 2.45) is 0 Å². The quantitative estimate of drug-likeness (QED) is 0.0982. The Hall–Kier alpha value is -0.0800. The van der Waals surface area contributed by atoms with E-state index >= 15 is 0 Å². The second kappa shape index (κ2) is 29.2. The fourth-order valence-electron chi connectivity index (χ4n) is 5.10. The minimum Gasteiger partial charge on any atom is -0.309 e. The zero-order valence-corrected chi connectivity index (χ0v) is 24.7. The molecule has 0 aromatic heterocycles. The molecule has 0 unspecified atom stereocenters. The normalized spacial score (nSPS) is 11.8. The van der Waals surface area contributed by atoms with Crippen molar-refractivity contribution >= 4 is 0 Å². The van der Waals surface area contributed by atoms with Crippen LogP contribution in [0, 0.1) is 0 Å². The van der Waals surface area contributed by atoms with E-state index in [1.165, 1.54) is 180 Å². The van der Waals surface area contributed by atoms with E-state index in [4.69, 9.17) is 0 Å². The standard InChI is InChI=1S/C32H68N2/c1-5-7-9-11-13-15-17-19-21-26-30-34(32-28-24-23-25-29-33(3)4)31-27-22-20-18-16-14-12-10-8-6-2/h5-32H2,1-4H3. The lowest BCUT2D eigenvalue weighted by atomic mass is 10.1. The van der Waals surface area contributed by atoms with Gasteiger partial charge in [0.2, 0.25) is 0 Å². The van der Waals surface area contributed by atoms with E-state index in [0.717, 1.165) is 0 Å². The monoisotopic (exact) mass is 481 g/mol. The smallest absolute Gasteiger partial charge is 0.00187 e. The number of hydrogen-bond acceptors (Lipinski definition) is 2. The van der Waals surface area contributed by atoms with Gasteiger partial charge in [-0.15, -0.1) is 0 Å². The SMILES string of the molecule is CCCCCCCCCCCCN(CCCCCCCCCCCC)CCCCCCN(C)C. The van der Waals surface area contributed by atoms with Crippen molar-refractivity contribution in [2.75, 3.05) is 40.3 Å². The molecule has 0 spiro atoms. The van der Waals surface area contributed by atoms with Crippen LogP contribution >= 0.6 is 0 Å². The molecule has 2 nitrogen and oxygen atoms in total. The third-order valence-electron chi connectivity index (χ3n) is 7.49. The highest BCUT2D eigenvalue weighted by Crippen LogP contribution is 2.13. The Kier molecular flexibility index (Phi) is 29.1. The summed E-state index contributed by atoms with van der Waals surface area (Å²) in [7, 11) is 4.39. The summed E-state index contributed by atoms with van der Waals surface area (Å²) in [5.74, 6) is 0. The van der Waals surface area contributed by atoms with Gasteiger partial charge in [-0.2, -0.15) is 0 Å². The van der Waals surface area contributed by atoms with E-state index in [1.54, 1.807) is 0 Å². The van der Waals surface area contributed by atoms with Gasteiger partial charge in [0.25, 0.3) is 0 Å². The average molecular weight is 481 g/mol. The van der Waals surface area contributed by atoms with Gasteiger partial charge in [-0.1, -0.05) is 142 Å². The van der Waals surface area contributed by atoms with Crippen LogP contribution in [0.3, 0.4) is 0 Å². The van der Waals surface area contributed by atoms with Crippen molar-refractivity contribution in [1.29, 1.82) is 0 Å². The van der Waals surface area contributed by atoms with E-state index in [2.05, 4.69) is 37.7 Å². The number of unbranched alkanes of at least 4 members (excludes halogenated alkanes) is 21. The Balaban J connectivity index is 3.84. The van der Waals surface area contributed by atoms with E-state index in [0.29, 0.717) is 0 Å². The Morgan fingerprint density at radius 3 is 0.794 bits per heavy atom. The van der Waals surface area contributed by atoms with Crippen LogP contribution in [0.4, 0.5) is 0 Å². The largest absolute Gasteiger partial charge is 0.309 e. The molecule has 0 aliphatic rings. The van der Waals surface area contributed by atoms with Crippen LogP contribution in [0.5, 0.6) is 0 Å². The lowest BCUT2D eigenvalue weighted by Gasteiger charge is -2.22. The average Bonchev–Trinajstić information content (AvgIpc) is 2.82. The molecule has 0 heterocycles. The van der Waals surface area contributed by atoms with Crippen LogP contribution in [0.25, 0.3) is 0 Å². The molecule has 0 radical (unpaired) electrons. The molecule has 0 aliphatic heterocycles. The topological polar surface area (TPSA) is 6.48 Å². The first kappa shape index (κ1) is 33.9. The maximum absolute atomic E-state index is 2.82. The van der Waals surface area contributed by atoms with Gasteiger partial charge in [0.15, 0.2) is 0 Å². The second-order valence-electron chi connectivity index (χ2n) is 11.4. The molecule has 0 fully saturated rings. The fourth-order valence-corrected chi connectivity index (χ4v) is 5.10. The van der Waals surface area contributed by atoms with Gasteiger partial charge in [0.05, 0.1) is 0 Å². The van der Waals surface area contributed by atoms with Crippen molar-refractivity contribution in [2.45, 2.75) is 168 Å². The number of nitrogens with zero attached hydrogens (tertiary/aromatic N) is 2. The van der Waals surface area contributed by atoms with Crippen LogP contribution in [0.1, 0.15) is 168 Å². The summed E-state index contributed by atoms with van der Waals surface area (Å²) >= 11 is 0. The van der Waals surface area contributed by atoms with Gasteiger partial charge in [-0.05, 0) is 66.0 Å². The minimum absolute atomic E-state index is 1.25. The Bertz CT molecular complexity index is 331. The lowest BCUT2D eigenvalue weighted by molar-refractivity contribution is 0.253. The van der Waals surface area contributed by atoms with Gasteiger partial charge in [0, 0.05) is 0 Å². The predicted octanol–water partition coefficient (Wildman–Crippen LogP) is 10.3. The van der Waals surface area contributed by atoms with Gasteiger partial charge >= 0.3 is 0 Å². The summed E-state index contributed by atoms with van der Waals surface area (Å²) in [6.45, 7) is 9.92. The van der Waals surface area contributed by atoms with Crippen molar-refractivity contribution in [3.8, 4) is 0 Å². The zero-order valence-electron chi connectivity index (χ0n) is 24.7. The third-order valence-corrected chi connectivity index (χ3v) is 7.49. The summed E-state index contributed by atoms with van der Waals surface area (Å²) < 4.78 is 0. The predicted molar refractivity (Wildman–Crippen MR) is 157 cm³/mol. The minimum atomic E-state index is 1.25. The summed E-state index contributed by atoms with van der Waals surface area (Å²) in [5.41, 5.74) is 0. The lowest BCUT2D eigenvalue weighted by Crippen LogP contribution is -2.27. The molecule has 206 valence electrons. The molecule has 0 aromatic rings. The Labute approximate surface area is 218 Å². The van der Waals surface area contributed by atoms with Crippen molar-refractivity contribution in [1.82, 2.24) is 9.80 Å². The second-order valence-corrected chi connectivity index (χ2v) is 11.4. The molecule has 2 heteroatoms. The molecule has 0 atom stereocenters. The van der Waals surface area contributed by atoms with E-state index in [1.807, 2.05) is 0 Å². The summed E-state index contributed by atoms with van der Waals surface area (Å²) in [4.78, 5) is 5.14. The van der Waals surface area contributed by atoms with Gasteiger partial charge in [0.1, 0.15) is 0 Å². The number of rotatable bonds is 29. The Morgan fingerprint density at radius 1 is 0.294 bits per heavy atom. The molecule has 0 saturated carbocycles. The third kappa shape index (κ3) is 28.2. The van der Waals surface area contributed by atoms with Crippen LogP contribution in [0.2, 0.25) is 0 Å². The highest BCUT2D eigenvalue weighted by molar-refractivity contribution is 4.61. The summed E-state index contributed by atoms with van der Waals surface area (Å²) in [6.07, 6.45) is 34.5. The first-order valence-electron chi connectivity index (χ1n) is 16.1. The molecule has 0 rings (SSSR count). The summed E-state index contributed by atoms with van der Waals surface area (Å²) in [6, 6.07) is 0. The number of hydrogen-bond donors (Lipinski definition) is 0. The highest BCUT2D eigenvalue weighted by Gasteiger charge is 2.05. The first-order valence-corrected chi connectivity index (χ1v) is 16.1. The molecule has 0 bridgehead atoms. The van der Waals surface area contributed by atoms with Gasteiger partial charge < -0.3 is 9.80 Å².